The van der Waals surface area contributed by atoms with Crippen LogP contribution in [0.2, 0.25) is 5.02 Å². The van der Waals surface area contributed by atoms with E-state index in [9.17, 15) is 14.4 Å². The first-order valence-corrected chi connectivity index (χ1v) is 12.0. The van der Waals surface area contributed by atoms with Crippen molar-refractivity contribution in [2.75, 3.05) is 24.3 Å². The number of amides is 3. The number of methoxy groups -OCH3 is 1. The van der Waals surface area contributed by atoms with Crippen molar-refractivity contribution in [3.8, 4) is 11.3 Å². The van der Waals surface area contributed by atoms with E-state index in [1.54, 1.807) is 49.6 Å². The van der Waals surface area contributed by atoms with Gasteiger partial charge in [-0.15, -0.1) is 0 Å². The predicted octanol–water partition coefficient (Wildman–Crippen LogP) is 5.19. The van der Waals surface area contributed by atoms with E-state index < -0.39 is 11.8 Å². The molecule has 1 heterocycles. The highest BCUT2D eigenvalue weighted by Gasteiger charge is 2.14. The summed E-state index contributed by atoms with van der Waals surface area (Å²) in [6.45, 7) is 3.61. The molecule has 4 rings (SSSR count). The van der Waals surface area contributed by atoms with Crippen LogP contribution in [0.5, 0.6) is 0 Å². The summed E-state index contributed by atoms with van der Waals surface area (Å²) in [6, 6.07) is 21.3. The molecule has 0 atom stereocenters. The molecule has 0 bridgehead atoms. The number of rotatable bonds is 9. The maximum atomic E-state index is 12.7. The molecule has 3 N–H and O–H groups in total. The van der Waals surface area contributed by atoms with E-state index in [0.29, 0.717) is 28.7 Å². The molecule has 0 aliphatic heterocycles. The van der Waals surface area contributed by atoms with Gasteiger partial charge in [-0.2, -0.15) is 0 Å². The Labute approximate surface area is 224 Å². The quantitative estimate of drug-likeness (QED) is 0.259. The lowest BCUT2D eigenvalue weighted by molar-refractivity contribution is -0.115. The summed E-state index contributed by atoms with van der Waals surface area (Å²) in [5, 5.41) is 10.3. The molecule has 0 spiro atoms. The van der Waals surface area contributed by atoms with Crippen molar-refractivity contribution in [1.29, 1.82) is 0 Å². The molecule has 0 aliphatic rings. The Morgan fingerprint density at radius 1 is 1.00 bits per heavy atom. The van der Waals surface area contributed by atoms with Crippen LogP contribution in [-0.2, 0) is 20.9 Å². The van der Waals surface area contributed by atoms with Crippen molar-refractivity contribution < 1.29 is 19.1 Å². The van der Waals surface area contributed by atoms with Gasteiger partial charge in [0.05, 0.1) is 24.5 Å². The summed E-state index contributed by atoms with van der Waals surface area (Å²) in [7, 11) is 1.58. The maximum Gasteiger partial charge on any atom is 0.270 e. The lowest BCUT2D eigenvalue weighted by Gasteiger charge is -2.14. The van der Waals surface area contributed by atoms with E-state index in [0.717, 1.165) is 21.9 Å². The van der Waals surface area contributed by atoms with E-state index >= 15 is 0 Å². The number of pyridine rings is 1. The second-order valence-corrected chi connectivity index (χ2v) is 8.75. The summed E-state index contributed by atoms with van der Waals surface area (Å²) >= 11 is 5.94. The number of carbonyl (C=O) groups excluding carboxylic acids is 3. The number of aromatic nitrogens is 1. The zero-order valence-electron chi connectivity index (χ0n) is 20.6. The minimum atomic E-state index is -0.491. The molecule has 0 aliphatic carbocycles. The molecule has 4 aromatic rings. The number of anilines is 2. The van der Waals surface area contributed by atoms with Crippen molar-refractivity contribution in [2.24, 2.45) is 0 Å². The van der Waals surface area contributed by atoms with Gasteiger partial charge in [-0.1, -0.05) is 54.6 Å². The van der Waals surface area contributed by atoms with E-state index in [1.807, 2.05) is 30.3 Å². The van der Waals surface area contributed by atoms with Crippen molar-refractivity contribution in [1.82, 2.24) is 10.3 Å². The number of nitrogens with one attached hydrogen (secondary N) is 3. The lowest BCUT2D eigenvalue weighted by Crippen LogP contribution is -2.33. The fourth-order valence-corrected chi connectivity index (χ4v) is 4.06. The first-order chi connectivity index (χ1) is 18.4. The molecule has 0 saturated carbocycles. The van der Waals surface area contributed by atoms with Gasteiger partial charge in [0.1, 0.15) is 5.69 Å². The Bertz CT molecular complexity index is 1540. The van der Waals surface area contributed by atoms with Crippen molar-refractivity contribution in [3.63, 3.8) is 0 Å². The fourth-order valence-electron chi connectivity index (χ4n) is 3.87. The Hall–Kier alpha value is -4.53. The summed E-state index contributed by atoms with van der Waals surface area (Å²) in [6.07, 6.45) is 1.21. The SMILES string of the molecule is C=CC(=O)Nc1c(COC)ccc2ccc(-c3cccc(C(=O)NCC(=O)Nc4cccc(Cl)c4)n3)cc12. The van der Waals surface area contributed by atoms with Crippen molar-refractivity contribution in [3.05, 3.63) is 102 Å². The minimum Gasteiger partial charge on any atom is -0.380 e. The van der Waals surface area contributed by atoms with Crippen LogP contribution in [0.3, 0.4) is 0 Å². The molecule has 3 aromatic carbocycles. The highest BCUT2D eigenvalue weighted by molar-refractivity contribution is 6.30. The van der Waals surface area contributed by atoms with Crippen molar-refractivity contribution >= 4 is 51.5 Å². The number of hydrogen-bond acceptors (Lipinski definition) is 5. The van der Waals surface area contributed by atoms with Crippen LogP contribution in [0.15, 0.2) is 85.5 Å². The minimum absolute atomic E-state index is 0.159. The van der Waals surface area contributed by atoms with Crippen LogP contribution in [0.1, 0.15) is 16.1 Å². The maximum absolute atomic E-state index is 12.7. The van der Waals surface area contributed by atoms with E-state index in [2.05, 4.69) is 27.5 Å². The molecular formula is C29H25ClN4O4. The zero-order chi connectivity index (χ0) is 27.1. The normalized spacial score (nSPS) is 10.6. The molecule has 9 heteroatoms. The average molecular weight is 529 g/mol. The van der Waals surface area contributed by atoms with Crippen LogP contribution >= 0.6 is 11.6 Å². The third-order valence-electron chi connectivity index (χ3n) is 5.64. The number of hydrogen-bond donors (Lipinski definition) is 3. The topological polar surface area (TPSA) is 109 Å². The lowest BCUT2D eigenvalue weighted by atomic mass is 10.00. The second-order valence-electron chi connectivity index (χ2n) is 8.31. The number of nitrogens with zero attached hydrogens (tertiary/aromatic N) is 1. The Balaban J connectivity index is 1.55. The Kier molecular flexibility index (Phi) is 8.47. The molecule has 1 aromatic heterocycles. The molecular weight excluding hydrogens is 504 g/mol. The average Bonchev–Trinajstić information content (AvgIpc) is 2.92. The number of ether oxygens (including phenoxy) is 1. The summed E-state index contributed by atoms with van der Waals surface area (Å²) in [5.41, 5.74) is 3.42. The van der Waals surface area contributed by atoms with Gasteiger partial charge in [0.2, 0.25) is 11.8 Å². The van der Waals surface area contributed by atoms with E-state index in [1.165, 1.54) is 6.08 Å². The van der Waals surface area contributed by atoms with E-state index in [4.69, 9.17) is 16.3 Å². The molecule has 8 nitrogen and oxygen atoms in total. The van der Waals surface area contributed by atoms with Crippen LogP contribution in [0, 0.1) is 0 Å². The first-order valence-electron chi connectivity index (χ1n) is 11.7. The monoisotopic (exact) mass is 528 g/mol. The number of carbonyl (C=O) groups is 3. The summed E-state index contributed by atoms with van der Waals surface area (Å²) in [5.74, 6) is -1.22. The van der Waals surface area contributed by atoms with Gasteiger partial charge in [-0.05, 0) is 47.9 Å². The molecule has 0 saturated heterocycles. The fraction of sp³-hybridized carbons (Fsp3) is 0.103. The van der Waals surface area contributed by atoms with Gasteiger partial charge in [0, 0.05) is 34.3 Å². The highest BCUT2D eigenvalue weighted by Crippen LogP contribution is 2.32. The number of benzene rings is 3. The highest BCUT2D eigenvalue weighted by atomic mass is 35.5. The van der Waals surface area contributed by atoms with Crippen LogP contribution in [0.4, 0.5) is 11.4 Å². The summed E-state index contributed by atoms with van der Waals surface area (Å²) < 4.78 is 5.30. The molecule has 0 unspecified atom stereocenters. The van der Waals surface area contributed by atoms with Crippen LogP contribution < -0.4 is 16.0 Å². The second kappa shape index (κ2) is 12.1. The molecule has 3 amide bonds. The van der Waals surface area contributed by atoms with Gasteiger partial charge < -0.3 is 20.7 Å². The van der Waals surface area contributed by atoms with Gasteiger partial charge in [-0.3, -0.25) is 14.4 Å². The smallest absolute Gasteiger partial charge is 0.270 e. The molecule has 0 radical (unpaired) electrons. The zero-order valence-corrected chi connectivity index (χ0v) is 21.3. The largest absolute Gasteiger partial charge is 0.380 e. The van der Waals surface area contributed by atoms with Gasteiger partial charge >= 0.3 is 0 Å². The predicted molar refractivity (Wildman–Crippen MR) is 149 cm³/mol. The summed E-state index contributed by atoms with van der Waals surface area (Å²) in [4.78, 5) is 41.6. The Morgan fingerprint density at radius 3 is 2.55 bits per heavy atom. The third kappa shape index (κ3) is 6.42. The molecule has 0 fully saturated rings. The van der Waals surface area contributed by atoms with Gasteiger partial charge in [0.15, 0.2) is 0 Å². The Morgan fingerprint density at radius 2 is 1.79 bits per heavy atom. The molecule has 192 valence electrons. The number of halogens is 1. The third-order valence-corrected chi connectivity index (χ3v) is 5.87. The standard InChI is InChI=1S/C29H25ClN4O4/c1-3-26(35)34-28-20(17-38-2)13-11-18-10-12-19(14-23(18)28)24-8-5-9-25(33-24)29(37)31-16-27(36)32-22-7-4-6-21(30)15-22/h3-15H,1,16-17H2,2H3,(H,31,37)(H,32,36)(H,34,35). The van der Waals surface area contributed by atoms with E-state index in [-0.39, 0.29) is 18.1 Å². The van der Waals surface area contributed by atoms with Crippen molar-refractivity contribution in [2.45, 2.75) is 6.61 Å². The van der Waals surface area contributed by atoms with Crippen LogP contribution in [0.25, 0.3) is 22.0 Å². The van der Waals surface area contributed by atoms with Crippen LogP contribution in [-0.4, -0.2) is 36.4 Å². The van der Waals surface area contributed by atoms with Gasteiger partial charge in [-0.25, -0.2) is 4.98 Å². The molecule has 38 heavy (non-hydrogen) atoms. The first kappa shape index (κ1) is 26.5. The van der Waals surface area contributed by atoms with Gasteiger partial charge in [0.25, 0.3) is 5.91 Å². The number of fused-ring (bicyclic) bond motifs is 1.